The molecule has 1 heterocycles. The molecule has 0 aliphatic heterocycles. The van der Waals surface area contributed by atoms with Gasteiger partial charge in [0.15, 0.2) is 5.82 Å². The first-order valence-electron chi connectivity index (χ1n) is 3.69. The number of anilines is 1. The lowest BCUT2D eigenvalue weighted by Gasteiger charge is -2.06. The smallest absolute Gasteiger partial charge is 0.164 e. The van der Waals surface area contributed by atoms with E-state index < -0.39 is 0 Å². The summed E-state index contributed by atoms with van der Waals surface area (Å²) in [6.07, 6.45) is 1.81. The summed E-state index contributed by atoms with van der Waals surface area (Å²) < 4.78 is 6.85. The number of nitrogen functional groups attached to an aromatic ring is 1. The number of ether oxygens (including phenoxy) is 1. The lowest BCUT2D eigenvalue weighted by Crippen LogP contribution is -2.08. The Balaban J connectivity index is 2.53. The van der Waals surface area contributed by atoms with Crippen molar-refractivity contribution >= 4 is 17.4 Å². The van der Waals surface area contributed by atoms with Crippen molar-refractivity contribution < 1.29 is 4.74 Å². The summed E-state index contributed by atoms with van der Waals surface area (Å²) in [6, 6.07) is 0. The first kappa shape index (κ1) is 9.35. The van der Waals surface area contributed by atoms with Crippen molar-refractivity contribution in [1.82, 2.24) is 9.78 Å². The third-order valence-corrected chi connectivity index (χ3v) is 1.57. The van der Waals surface area contributed by atoms with Gasteiger partial charge >= 0.3 is 0 Å². The summed E-state index contributed by atoms with van der Waals surface area (Å²) in [5.41, 5.74) is 5.43. The number of hydrogen-bond donors (Lipinski definition) is 1. The Hall–Kier alpha value is -0.740. The summed E-state index contributed by atoms with van der Waals surface area (Å²) in [5, 5.41) is 4.38. The Morgan fingerprint density at radius 2 is 2.42 bits per heavy atom. The maximum atomic E-state index is 5.68. The molecule has 0 aliphatic carbocycles. The van der Waals surface area contributed by atoms with Gasteiger partial charge < -0.3 is 10.5 Å². The molecule has 0 fully saturated rings. The molecular weight excluding hydrogens is 178 g/mol. The fourth-order valence-electron chi connectivity index (χ4n) is 0.704. The molecule has 0 atom stereocenters. The van der Waals surface area contributed by atoms with Gasteiger partial charge in [0, 0.05) is 6.20 Å². The van der Waals surface area contributed by atoms with Crippen LogP contribution in [0.3, 0.4) is 0 Å². The molecule has 68 valence electrons. The van der Waals surface area contributed by atoms with E-state index in [4.69, 9.17) is 22.1 Å². The maximum Gasteiger partial charge on any atom is 0.164 e. The van der Waals surface area contributed by atoms with Gasteiger partial charge in [-0.25, -0.2) is 4.68 Å². The number of hydrogen-bond acceptors (Lipinski definition) is 3. The maximum absolute atomic E-state index is 5.68. The number of nitrogens with two attached hydrogens (primary N) is 1. The van der Waals surface area contributed by atoms with E-state index in [-0.39, 0.29) is 6.10 Å². The minimum absolute atomic E-state index is 0.175. The highest BCUT2D eigenvalue weighted by Gasteiger charge is 2.02. The summed E-state index contributed by atoms with van der Waals surface area (Å²) in [5.74, 6) is 0.337. The topological polar surface area (TPSA) is 53.1 Å². The third kappa shape index (κ3) is 2.39. The number of nitrogens with zero attached hydrogens (tertiary/aromatic N) is 2. The van der Waals surface area contributed by atoms with Crippen molar-refractivity contribution in [2.24, 2.45) is 0 Å². The van der Waals surface area contributed by atoms with Crippen LogP contribution in [0.25, 0.3) is 0 Å². The Morgan fingerprint density at radius 1 is 1.75 bits per heavy atom. The molecule has 4 nitrogen and oxygen atoms in total. The molecule has 1 rings (SSSR count). The molecule has 1 aromatic heterocycles. The number of aromatic nitrogens is 2. The SMILES string of the molecule is CC(C)OCn1cc(Cl)c(N)n1. The van der Waals surface area contributed by atoms with E-state index in [0.29, 0.717) is 17.6 Å². The Morgan fingerprint density at radius 3 is 2.83 bits per heavy atom. The zero-order chi connectivity index (χ0) is 9.14. The highest BCUT2D eigenvalue weighted by atomic mass is 35.5. The van der Waals surface area contributed by atoms with E-state index >= 15 is 0 Å². The van der Waals surface area contributed by atoms with Crippen LogP contribution in [0.4, 0.5) is 5.82 Å². The fraction of sp³-hybridized carbons (Fsp3) is 0.571. The van der Waals surface area contributed by atoms with Crippen LogP contribution in [0, 0.1) is 0 Å². The molecule has 1 aromatic rings. The molecular formula is C7H12ClN3O. The van der Waals surface area contributed by atoms with Crippen LogP contribution in [0.5, 0.6) is 0 Å². The Kier molecular flexibility index (Phi) is 2.94. The van der Waals surface area contributed by atoms with Gasteiger partial charge in [-0.1, -0.05) is 11.6 Å². The molecule has 2 N–H and O–H groups in total. The molecule has 0 aromatic carbocycles. The summed E-state index contributed by atoms with van der Waals surface area (Å²) in [7, 11) is 0. The molecule has 0 radical (unpaired) electrons. The van der Waals surface area contributed by atoms with E-state index in [9.17, 15) is 0 Å². The van der Waals surface area contributed by atoms with Gasteiger partial charge in [0.2, 0.25) is 0 Å². The van der Waals surface area contributed by atoms with Crippen molar-refractivity contribution in [2.75, 3.05) is 5.73 Å². The van der Waals surface area contributed by atoms with Crippen LogP contribution in [0.15, 0.2) is 6.20 Å². The van der Waals surface area contributed by atoms with Crippen LogP contribution < -0.4 is 5.73 Å². The van der Waals surface area contributed by atoms with E-state index in [2.05, 4.69) is 5.10 Å². The lowest BCUT2D eigenvalue weighted by molar-refractivity contribution is 0.0222. The molecule has 0 amide bonds. The summed E-state index contributed by atoms with van der Waals surface area (Å²) in [6.45, 7) is 4.29. The van der Waals surface area contributed by atoms with Gasteiger partial charge in [-0.2, -0.15) is 5.10 Å². The van der Waals surface area contributed by atoms with Crippen LogP contribution in [-0.4, -0.2) is 15.9 Å². The quantitative estimate of drug-likeness (QED) is 0.784. The van der Waals surface area contributed by atoms with E-state index in [0.717, 1.165) is 0 Å². The number of rotatable bonds is 3. The second-order valence-electron chi connectivity index (χ2n) is 2.75. The predicted molar refractivity (Wildman–Crippen MR) is 47.9 cm³/mol. The van der Waals surface area contributed by atoms with Crippen LogP contribution >= 0.6 is 11.6 Å². The number of halogens is 1. The van der Waals surface area contributed by atoms with Gasteiger partial charge in [-0.15, -0.1) is 0 Å². The molecule has 0 saturated carbocycles. The minimum atomic E-state index is 0.175. The van der Waals surface area contributed by atoms with E-state index in [1.807, 2.05) is 13.8 Å². The van der Waals surface area contributed by atoms with Gasteiger partial charge in [-0.05, 0) is 13.8 Å². The summed E-state index contributed by atoms with van der Waals surface area (Å²) in [4.78, 5) is 0. The largest absolute Gasteiger partial charge is 0.381 e. The van der Waals surface area contributed by atoms with Gasteiger partial charge in [0.05, 0.1) is 6.10 Å². The molecule has 12 heavy (non-hydrogen) atoms. The average Bonchev–Trinajstić information content (AvgIpc) is 2.28. The van der Waals surface area contributed by atoms with Crippen LogP contribution in [0.2, 0.25) is 5.02 Å². The zero-order valence-electron chi connectivity index (χ0n) is 7.12. The lowest BCUT2D eigenvalue weighted by atomic mass is 10.5. The minimum Gasteiger partial charge on any atom is -0.381 e. The molecule has 0 saturated heterocycles. The van der Waals surface area contributed by atoms with Crippen molar-refractivity contribution in [3.63, 3.8) is 0 Å². The van der Waals surface area contributed by atoms with Crippen molar-refractivity contribution in [3.8, 4) is 0 Å². The molecule has 0 aliphatic rings. The molecule has 0 bridgehead atoms. The molecule has 5 heteroatoms. The Bertz CT molecular complexity index is 240. The van der Waals surface area contributed by atoms with Crippen molar-refractivity contribution in [2.45, 2.75) is 26.7 Å². The summed E-state index contributed by atoms with van der Waals surface area (Å²) >= 11 is 5.68. The second-order valence-corrected chi connectivity index (χ2v) is 3.15. The van der Waals surface area contributed by atoms with E-state index in [1.54, 1.807) is 10.9 Å². The standard InChI is InChI=1S/C7H12ClN3O/c1-5(2)12-4-11-3-6(8)7(9)10-11/h3,5H,4H2,1-2H3,(H2,9,10). The second kappa shape index (κ2) is 3.78. The van der Waals surface area contributed by atoms with Crippen molar-refractivity contribution in [3.05, 3.63) is 11.2 Å². The predicted octanol–water partition coefficient (Wildman–Crippen LogP) is 1.50. The first-order valence-corrected chi connectivity index (χ1v) is 4.07. The highest BCUT2D eigenvalue weighted by Crippen LogP contribution is 2.14. The van der Waals surface area contributed by atoms with E-state index in [1.165, 1.54) is 0 Å². The third-order valence-electron chi connectivity index (χ3n) is 1.28. The average molecular weight is 190 g/mol. The Labute approximate surface area is 76.3 Å². The normalized spacial score (nSPS) is 11.0. The zero-order valence-corrected chi connectivity index (χ0v) is 7.88. The van der Waals surface area contributed by atoms with Crippen LogP contribution in [-0.2, 0) is 11.5 Å². The first-order chi connectivity index (χ1) is 5.59. The van der Waals surface area contributed by atoms with Gasteiger partial charge in [0.25, 0.3) is 0 Å². The van der Waals surface area contributed by atoms with Gasteiger partial charge in [-0.3, -0.25) is 0 Å². The van der Waals surface area contributed by atoms with Gasteiger partial charge in [0.1, 0.15) is 11.8 Å². The monoisotopic (exact) mass is 189 g/mol. The van der Waals surface area contributed by atoms with Crippen molar-refractivity contribution in [1.29, 1.82) is 0 Å². The fourth-order valence-corrected chi connectivity index (χ4v) is 0.854. The van der Waals surface area contributed by atoms with Crippen LogP contribution in [0.1, 0.15) is 13.8 Å². The highest BCUT2D eigenvalue weighted by molar-refractivity contribution is 6.32. The molecule has 0 spiro atoms. The molecule has 0 unspecified atom stereocenters.